The lowest BCUT2D eigenvalue weighted by Crippen LogP contribution is -2.13. The molecule has 3 rings (SSSR count). The molecule has 1 atom stereocenters. The van der Waals surface area contributed by atoms with Crippen molar-refractivity contribution in [2.45, 2.75) is 6.42 Å². The molecule has 1 fully saturated rings. The van der Waals surface area contributed by atoms with Crippen LogP contribution in [-0.2, 0) is 4.74 Å². The van der Waals surface area contributed by atoms with Crippen molar-refractivity contribution in [1.82, 2.24) is 15.0 Å². The smallest absolute Gasteiger partial charge is 0.320 e. The summed E-state index contributed by atoms with van der Waals surface area (Å²) in [6.07, 6.45) is 4.14. The Morgan fingerprint density at radius 3 is 3.22 bits per heavy atom. The van der Waals surface area contributed by atoms with Gasteiger partial charge in [-0.05, 0) is 12.5 Å². The largest absolute Gasteiger partial charge is 0.493 e. The van der Waals surface area contributed by atoms with E-state index in [0.29, 0.717) is 30.0 Å². The van der Waals surface area contributed by atoms with Crippen molar-refractivity contribution in [2.24, 2.45) is 5.92 Å². The fourth-order valence-electron chi connectivity index (χ4n) is 1.91. The Morgan fingerprint density at radius 2 is 2.39 bits per heavy atom. The van der Waals surface area contributed by atoms with Gasteiger partial charge in [0.05, 0.1) is 30.3 Å². The highest BCUT2D eigenvalue weighted by Gasteiger charge is 2.17. The molecule has 1 aliphatic rings. The zero-order chi connectivity index (χ0) is 12.4. The Morgan fingerprint density at radius 1 is 1.44 bits per heavy atom. The first kappa shape index (κ1) is 11.2. The number of nitrogens with zero attached hydrogens (tertiary/aromatic N) is 3. The molecule has 6 heteroatoms. The minimum atomic E-state index is -0.0833. The van der Waals surface area contributed by atoms with E-state index in [4.69, 9.17) is 9.47 Å². The van der Waals surface area contributed by atoms with E-state index in [1.54, 1.807) is 18.5 Å². The Labute approximate surface area is 104 Å². The van der Waals surface area contributed by atoms with Gasteiger partial charge in [0, 0.05) is 18.7 Å². The molecule has 1 aliphatic heterocycles. The summed E-state index contributed by atoms with van der Waals surface area (Å²) in [5.74, 6) is 0.292. The van der Waals surface area contributed by atoms with E-state index in [1.807, 2.05) is 0 Å². The van der Waals surface area contributed by atoms with Gasteiger partial charge < -0.3 is 14.6 Å². The van der Waals surface area contributed by atoms with E-state index in [9.17, 15) is 5.11 Å². The molecule has 0 radical (unpaired) electrons. The van der Waals surface area contributed by atoms with Crippen LogP contribution in [0.1, 0.15) is 6.42 Å². The molecule has 94 valence electrons. The molecule has 3 heterocycles. The molecule has 1 N–H and O–H groups in total. The molecule has 2 aromatic heterocycles. The lowest BCUT2D eigenvalue weighted by Gasteiger charge is -2.09. The van der Waals surface area contributed by atoms with Crippen LogP contribution < -0.4 is 4.74 Å². The number of aromatic hydroxyl groups is 1. The van der Waals surface area contributed by atoms with Gasteiger partial charge in [0.1, 0.15) is 0 Å². The van der Waals surface area contributed by atoms with E-state index in [2.05, 4.69) is 15.0 Å². The van der Waals surface area contributed by atoms with Crippen molar-refractivity contribution < 1.29 is 14.6 Å². The van der Waals surface area contributed by atoms with E-state index in [1.165, 1.54) is 0 Å². The van der Waals surface area contributed by atoms with Crippen LogP contribution in [0.5, 0.6) is 11.9 Å². The number of aromatic nitrogens is 3. The van der Waals surface area contributed by atoms with Crippen LogP contribution in [0.2, 0.25) is 0 Å². The fourth-order valence-corrected chi connectivity index (χ4v) is 1.91. The van der Waals surface area contributed by atoms with Crippen LogP contribution in [0.3, 0.4) is 0 Å². The number of hydrogen-bond donors (Lipinski definition) is 1. The van der Waals surface area contributed by atoms with Crippen LogP contribution in [0.4, 0.5) is 0 Å². The summed E-state index contributed by atoms with van der Waals surface area (Å²) in [4.78, 5) is 12.1. The van der Waals surface area contributed by atoms with E-state index < -0.39 is 0 Å². The van der Waals surface area contributed by atoms with Crippen LogP contribution in [0, 0.1) is 5.92 Å². The predicted octanol–water partition coefficient (Wildman–Crippen LogP) is 1.15. The van der Waals surface area contributed by atoms with Crippen LogP contribution in [0.25, 0.3) is 10.9 Å². The molecule has 0 spiro atoms. The fraction of sp³-hybridized carbons (Fsp3) is 0.417. The number of rotatable bonds is 3. The third-order valence-corrected chi connectivity index (χ3v) is 2.93. The Bertz CT molecular complexity index is 555. The summed E-state index contributed by atoms with van der Waals surface area (Å²) in [5, 5.41) is 10.3. The third-order valence-electron chi connectivity index (χ3n) is 2.93. The molecule has 2 aromatic rings. The molecule has 6 nitrogen and oxygen atoms in total. The monoisotopic (exact) mass is 247 g/mol. The van der Waals surface area contributed by atoms with Crippen LogP contribution in [0.15, 0.2) is 18.5 Å². The standard InChI is InChI=1S/C12H13N3O3/c16-11-9-1-3-13-5-10(9)14-12(15-11)18-7-8-2-4-17-6-8/h1,3,5,8H,2,4,6-7H2,(H,14,15,16). The number of fused-ring (bicyclic) bond motifs is 1. The molecular weight excluding hydrogens is 234 g/mol. The first-order valence-electron chi connectivity index (χ1n) is 5.84. The lowest BCUT2D eigenvalue weighted by molar-refractivity contribution is 0.163. The number of ether oxygens (including phenoxy) is 2. The van der Waals surface area contributed by atoms with Gasteiger partial charge in [0.2, 0.25) is 5.88 Å². The van der Waals surface area contributed by atoms with Crippen LogP contribution in [-0.4, -0.2) is 39.9 Å². The molecule has 0 saturated carbocycles. The molecule has 0 aliphatic carbocycles. The van der Waals surface area contributed by atoms with Crippen LogP contribution >= 0.6 is 0 Å². The summed E-state index contributed by atoms with van der Waals surface area (Å²) < 4.78 is 10.7. The Balaban J connectivity index is 1.79. The van der Waals surface area contributed by atoms with E-state index in [0.717, 1.165) is 13.0 Å². The van der Waals surface area contributed by atoms with Gasteiger partial charge >= 0.3 is 6.01 Å². The number of pyridine rings is 1. The third kappa shape index (κ3) is 2.19. The maximum absolute atomic E-state index is 9.76. The Kier molecular flexibility index (Phi) is 2.93. The second-order valence-electron chi connectivity index (χ2n) is 4.26. The summed E-state index contributed by atoms with van der Waals surface area (Å²) in [6, 6.07) is 1.85. The minimum absolute atomic E-state index is 0.0833. The minimum Gasteiger partial charge on any atom is -0.493 e. The molecule has 1 unspecified atom stereocenters. The summed E-state index contributed by atoms with van der Waals surface area (Å²) in [5.41, 5.74) is 0.572. The van der Waals surface area contributed by atoms with Crippen molar-refractivity contribution in [3.8, 4) is 11.9 Å². The second kappa shape index (κ2) is 4.73. The highest BCUT2D eigenvalue weighted by molar-refractivity contribution is 5.82. The number of hydrogen-bond acceptors (Lipinski definition) is 6. The highest BCUT2D eigenvalue weighted by Crippen LogP contribution is 2.23. The van der Waals surface area contributed by atoms with Gasteiger partial charge in [-0.3, -0.25) is 4.98 Å². The zero-order valence-corrected chi connectivity index (χ0v) is 9.74. The molecule has 0 amide bonds. The average molecular weight is 247 g/mol. The maximum Gasteiger partial charge on any atom is 0.320 e. The first-order chi connectivity index (χ1) is 8.83. The topological polar surface area (TPSA) is 77.4 Å². The van der Waals surface area contributed by atoms with Crippen molar-refractivity contribution in [3.05, 3.63) is 18.5 Å². The Hall–Kier alpha value is -1.95. The highest BCUT2D eigenvalue weighted by atomic mass is 16.5. The molecule has 0 aromatic carbocycles. The molecule has 0 bridgehead atoms. The van der Waals surface area contributed by atoms with Gasteiger partial charge in [-0.1, -0.05) is 0 Å². The summed E-state index contributed by atoms with van der Waals surface area (Å²) >= 11 is 0. The second-order valence-corrected chi connectivity index (χ2v) is 4.26. The zero-order valence-electron chi connectivity index (χ0n) is 9.74. The SMILES string of the molecule is Oc1nc(OCC2CCOC2)nc2cnccc12. The van der Waals surface area contributed by atoms with Crippen molar-refractivity contribution in [3.63, 3.8) is 0 Å². The van der Waals surface area contributed by atoms with Gasteiger partial charge in [0.15, 0.2) is 0 Å². The van der Waals surface area contributed by atoms with Crippen molar-refractivity contribution in [1.29, 1.82) is 0 Å². The average Bonchev–Trinajstić information content (AvgIpc) is 2.90. The van der Waals surface area contributed by atoms with Gasteiger partial charge in [-0.15, -0.1) is 0 Å². The first-order valence-corrected chi connectivity index (χ1v) is 5.84. The molecule has 1 saturated heterocycles. The van der Waals surface area contributed by atoms with Gasteiger partial charge in [-0.25, -0.2) is 0 Å². The van der Waals surface area contributed by atoms with E-state index >= 15 is 0 Å². The summed E-state index contributed by atoms with van der Waals surface area (Å²) in [6.45, 7) is 1.99. The lowest BCUT2D eigenvalue weighted by atomic mass is 10.1. The quantitative estimate of drug-likeness (QED) is 0.876. The van der Waals surface area contributed by atoms with E-state index in [-0.39, 0.29) is 11.9 Å². The molecule has 18 heavy (non-hydrogen) atoms. The van der Waals surface area contributed by atoms with Gasteiger partial charge in [-0.2, -0.15) is 9.97 Å². The van der Waals surface area contributed by atoms with Crippen molar-refractivity contribution >= 4 is 10.9 Å². The normalized spacial score (nSPS) is 19.2. The van der Waals surface area contributed by atoms with Gasteiger partial charge in [0.25, 0.3) is 0 Å². The summed E-state index contributed by atoms with van der Waals surface area (Å²) in [7, 11) is 0. The predicted molar refractivity (Wildman–Crippen MR) is 63.4 cm³/mol. The van der Waals surface area contributed by atoms with Crippen molar-refractivity contribution in [2.75, 3.05) is 19.8 Å². The maximum atomic E-state index is 9.76. The molecular formula is C12H13N3O3.